The molecule has 0 radical (unpaired) electrons. The van der Waals surface area contributed by atoms with Crippen LogP contribution in [-0.4, -0.2) is 53.9 Å². The molecule has 0 aliphatic heterocycles. The summed E-state index contributed by atoms with van der Waals surface area (Å²) in [6.07, 6.45) is 4.34. The summed E-state index contributed by atoms with van der Waals surface area (Å²) in [5.41, 5.74) is 2.19. The number of ether oxygens (including phenoxy) is 2. The molecule has 208 valence electrons. The van der Waals surface area contributed by atoms with Crippen LogP contribution in [0.5, 0.6) is 0 Å². The van der Waals surface area contributed by atoms with Crippen LogP contribution in [0.3, 0.4) is 0 Å². The average Bonchev–Trinajstić information content (AvgIpc) is 2.84. The number of hydrogen-bond acceptors (Lipinski definition) is 4. The maximum absolute atomic E-state index is 13.6. The number of hydrogen-bond donors (Lipinski definition) is 2. The second kappa shape index (κ2) is 13.7. The van der Waals surface area contributed by atoms with Crippen molar-refractivity contribution in [3.8, 4) is 0 Å². The van der Waals surface area contributed by atoms with Gasteiger partial charge in [-0.2, -0.15) is 0 Å². The van der Waals surface area contributed by atoms with Gasteiger partial charge in [-0.25, -0.2) is 14.0 Å². The quantitative estimate of drug-likeness (QED) is 0.341. The van der Waals surface area contributed by atoms with Crippen molar-refractivity contribution in [1.29, 1.82) is 0 Å². The maximum atomic E-state index is 13.6. The molecule has 0 bridgehead atoms. The zero-order chi connectivity index (χ0) is 27.7. The number of rotatable bonds is 11. The van der Waals surface area contributed by atoms with Gasteiger partial charge in [0.25, 0.3) is 0 Å². The van der Waals surface area contributed by atoms with E-state index in [4.69, 9.17) is 9.47 Å². The molecule has 1 aliphatic carbocycles. The molecule has 0 saturated heterocycles. The molecule has 7 nitrogen and oxygen atoms in total. The molecule has 38 heavy (non-hydrogen) atoms. The number of aryl methyl sites for hydroxylation is 1. The van der Waals surface area contributed by atoms with E-state index in [0.29, 0.717) is 36.5 Å². The highest BCUT2D eigenvalue weighted by Gasteiger charge is 2.25. The third kappa shape index (κ3) is 9.40. The van der Waals surface area contributed by atoms with Gasteiger partial charge in [0, 0.05) is 18.8 Å². The summed E-state index contributed by atoms with van der Waals surface area (Å²) < 4.78 is 25.9. The fourth-order valence-electron chi connectivity index (χ4n) is 4.65. The Morgan fingerprint density at radius 3 is 2.47 bits per heavy atom. The number of nitrogens with one attached hydrogen (secondary N) is 1. The van der Waals surface area contributed by atoms with Gasteiger partial charge in [-0.1, -0.05) is 45.0 Å². The van der Waals surface area contributed by atoms with E-state index in [9.17, 15) is 19.1 Å². The van der Waals surface area contributed by atoms with Gasteiger partial charge in [0.2, 0.25) is 0 Å². The van der Waals surface area contributed by atoms with E-state index >= 15 is 0 Å². The monoisotopic (exact) mass is 528 g/mol. The Bertz CT molecular complexity index is 1080. The first-order valence-electron chi connectivity index (χ1n) is 13.4. The van der Waals surface area contributed by atoms with Crippen LogP contribution >= 0.6 is 0 Å². The smallest absolute Gasteiger partial charge is 0.336 e. The molecule has 1 fully saturated rings. The molecule has 1 saturated carbocycles. The van der Waals surface area contributed by atoms with Crippen LogP contribution in [0.15, 0.2) is 42.5 Å². The summed E-state index contributed by atoms with van der Waals surface area (Å²) in [4.78, 5) is 26.4. The first-order chi connectivity index (χ1) is 18.0. The number of carbonyl (C=O) groups excluding carboxylic acids is 1. The molecule has 2 aromatic rings. The van der Waals surface area contributed by atoms with E-state index in [2.05, 4.69) is 26.1 Å². The minimum atomic E-state index is -0.941. The molecule has 0 unspecified atom stereocenters. The van der Waals surface area contributed by atoms with Crippen molar-refractivity contribution in [3.63, 3.8) is 0 Å². The molecule has 8 heteroatoms. The van der Waals surface area contributed by atoms with Gasteiger partial charge in [-0.15, -0.1) is 0 Å². The minimum Gasteiger partial charge on any atom is -0.478 e. The lowest BCUT2D eigenvalue weighted by Gasteiger charge is -2.31. The number of halogens is 1. The van der Waals surface area contributed by atoms with Crippen LogP contribution in [0.25, 0.3) is 0 Å². The molecular weight excluding hydrogens is 487 g/mol. The Labute approximate surface area is 225 Å². The fourth-order valence-corrected chi connectivity index (χ4v) is 4.65. The molecule has 2 N–H and O–H groups in total. The normalized spacial score (nSPS) is 17.7. The lowest BCUT2D eigenvalue weighted by molar-refractivity contribution is -0.0524. The van der Waals surface area contributed by atoms with Crippen molar-refractivity contribution < 1.29 is 28.6 Å². The van der Waals surface area contributed by atoms with Gasteiger partial charge >= 0.3 is 12.0 Å². The predicted octanol–water partition coefficient (Wildman–Crippen LogP) is 6.65. The average molecular weight is 529 g/mol. The molecule has 1 aliphatic rings. The molecular formula is C30H41FN2O5. The highest BCUT2D eigenvalue weighted by Crippen LogP contribution is 2.26. The predicted molar refractivity (Wildman–Crippen MR) is 146 cm³/mol. The highest BCUT2D eigenvalue weighted by molar-refractivity contribution is 5.91. The van der Waals surface area contributed by atoms with Crippen LogP contribution < -0.4 is 5.32 Å². The number of urea groups is 1. The third-order valence-electron chi connectivity index (χ3n) is 6.84. The Kier molecular flexibility index (Phi) is 10.7. The van der Waals surface area contributed by atoms with Crippen LogP contribution in [0.1, 0.15) is 74.4 Å². The van der Waals surface area contributed by atoms with Crippen molar-refractivity contribution in [1.82, 2.24) is 4.90 Å². The first kappa shape index (κ1) is 29.6. The summed E-state index contributed by atoms with van der Waals surface area (Å²) in [6, 6.07) is 11.0. The van der Waals surface area contributed by atoms with Gasteiger partial charge in [-0.05, 0) is 73.8 Å². The minimum absolute atomic E-state index is 0.0100. The van der Waals surface area contributed by atoms with E-state index < -0.39 is 11.8 Å². The number of nitrogens with zero attached hydrogens (tertiary/aromatic N) is 1. The molecule has 2 aromatic carbocycles. The maximum Gasteiger partial charge on any atom is 0.336 e. The van der Waals surface area contributed by atoms with Crippen LogP contribution in [-0.2, 0) is 16.1 Å². The van der Waals surface area contributed by atoms with Gasteiger partial charge in [0.05, 0.1) is 31.0 Å². The van der Waals surface area contributed by atoms with E-state index in [1.54, 1.807) is 36.1 Å². The van der Waals surface area contributed by atoms with Crippen molar-refractivity contribution in [2.24, 2.45) is 5.41 Å². The second-order valence-corrected chi connectivity index (χ2v) is 11.2. The SMILES string of the molecule is Cc1cccc(CO[C@H]2CCC[C@@H](OCCN(CCC(C)(C)C)C(=O)Nc3cccc(F)c3)C2)c1C(=O)O. The Balaban J connectivity index is 1.51. The van der Waals surface area contributed by atoms with Crippen molar-refractivity contribution in [3.05, 3.63) is 65.0 Å². The van der Waals surface area contributed by atoms with E-state index in [1.165, 1.54) is 12.1 Å². The van der Waals surface area contributed by atoms with Gasteiger partial charge in [0.1, 0.15) is 5.82 Å². The molecule has 0 heterocycles. The van der Waals surface area contributed by atoms with Crippen molar-refractivity contribution in [2.75, 3.05) is 25.0 Å². The number of anilines is 1. The summed E-state index contributed by atoms with van der Waals surface area (Å²) in [7, 11) is 0. The molecule has 2 amide bonds. The Hall–Kier alpha value is -2.97. The number of amides is 2. The first-order valence-corrected chi connectivity index (χ1v) is 13.4. The van der Waals surface area contributed by atoms with Crippen LogP contribution in [0.2, 0.25) is 0 Å². The van der Waals surface area contributed by atoms with Crippen LogP contribution in [0.4, 0.5) is 14.9 Å². The van der Waals surface area contributed by atoms with E-state index in [0.717, 1.165) is 37.7 Å². The summed E-state index contributed by atoms with van der Waals surface area (Å²) in [5.74, 6) is -1.34. The lowest BCUT2D eigenvalue weighted by atomic mass is 9.92. The summed E-state index contributed by atoms with van der Waals surface area (Å²) in [5, 5.41) is 12.4. The van der Waals surface area contributed by atoms with E-state index in [1.807, 2.05) is 6.07 Å². The highest BCUT2D eigenvalue weighted by atomic mass is 19.1. The number of carboxylic acid groups (broad SMARTS) is 1. The molecule has 2 atom stereocenters. The third-order valence-corrected chi connectivity index (χ3v) is 6.84. The van der Waals surface area contributed by atoms with Gasteiger partial charge in [0.15, 0.2) is 0 Å². The standard InChI is InChI=1S/C30H41FN2O5/c1-21-8-5-9-22(27(21)28(34)35)20-38-26-13-7-12-25(19-26)37-17-16-33(15-14-30(2,3)4)29(36)32-24-11-6-10-23(31)18-24/h5-6,8-11,18,25-26H,7,12-17,19-20H2,1-4H3,(H,32,36)(H,34,35)/t25-,26+/m1/s1. The van der Waals surface area contributed by atoms with E-state index in [-0.39, 0.29) is 30.3 Å². The Morgan fingerprint density at radius 2 is 1.79 bits per heavy atom. The fraction of sp³-hybridized carbons (Fsp3) is 0.533. The summed E-state index contributed by atoms with van der Waals surface area (Å²) >= 11 is 0. The van der Waals surface area contributed by atoms with Crippen molar-refractivity contribution >= 4 is 17.7 Å². The molecule has 0 aromatic heterocycles. The number of aromatic carboxylic acids is 1. The zero-order valence-corrected chi connectivity index (χ0v) is 23.0. The number of benzene rings is 2. The molecule has 3 rings (SSSR count). The van der Waals surface area contributed by atoms with Crippen LogP contribution in [0, 0.1) is 18.2 Å². The Morgan fingerprint density at radius 1 is 1.08 bits per heavy atom. The molecule has 0 spiro atoms. The summed E-state index contributed by atoms with van der Waals surface area (Å²) in [6.45, 7) is 9.80. The lowest BCUT2D eigenvalue weighted by Crippen LogP contribution is -2.40. The van der Waals surface area contributed by atoms with Crippen molar-refractivity contribution in [2.45, 2.75) is 78.6 Å². The number of carboxylic acids is 1. The number of carbonyl (C=O) groups is 2. The zero-order valence-electron chi connectivity index (χ0n) is 23.0. The second-order valence-electron chi connectivity index (χ2n) is 11.2. The topological polar surface area (TPSA) is 88.1 Å². The van der Waals surface area contributed by atoms with Gasteiger partial charge < -0.3 is 24.8 Å². The largest absolute Gasteiger partial charge is 0.478 e. The van der Waals surface area contributed by atoms with Gasteiger partial charge in [-0.3, -0.25) is 0 Å².